The number of rotatable bonds is 24. The van der Waals surface area contributed by atoms with E-state index < -0.39 is 139 Å². The lowest BCUT2D eigenvalue weighted by atomic mass is 10.0. The third-order valence-corrected chi connectivity index (χ3v) is 10.7. The van der Waals surface area contributed by atoms with Crippen LogP contribution in [0.5, 0.6) is 0 Å². The minimum atomic E-state index is -1.70. The maximum atomic E-state index is 14.6. The molecule has 0 spiro atoms. The summed E-state index contributed by atoms with van der Waals surface area (Å²) in [6, 6.07) is -3.78. The normalized spacial score (nSPS) is 18.0. The minimum absolute atomic E-state index is 0.00700. The zero-order valence-electron chi connectivity index (χ0n) is 35.6. The number of aliphatic carboxylic acids is 1. The summed E-state index contributed by atoms with van der Waals surface area (Å²) in [4.78, 5) is 157. The fraction of sp³-hybridized carbons (Fsp3) is 0.500. The number of benzene rings is 1. The molecule has 4 rings (SSSR count). The lowest BCUT2D eigenvalue weighted by Crippen LogP contribution is -2.60. The van der Waals surface area contributed by atoms with Gasteiger partial charge in [-0.05, 0) is 43.2 Å². The number of hydrogen-bond acceptors (Lipinski definition) is 12. The van der Waals surface area contributed by atoms with Crippen LogP contribution in [0.4, 0.5) is 4.79 Å². The summed E-state index contributed by atoms with van der Waals surface area (Å²) in [5.41, 5.74) is 17.2. The first-order valence-corrected chi connectivity index (χ1v) is 20.7. The molecule has 2 aromatic rings. The molecule has 0 saturated carbocycles. The number of nitrogens with one attached hydrogen (secondary N) is 8. The van der Waals surface area contributed by atoms with E-state index in [1.807, 2.05) is 5.32 Å². The van der Waals surface area contributed by atoms with Gasteiger partial charge in [-0.15, -0.1) is 0 Å². The first-order chi connectivity index (χ1) is 30.6. The Morgan fingerprint density at radius 1 is 0.785 bits per heavy atom. The van der Waals surface area contributed by atoms with Crippen LogP contribution in [0.25, 0.3) is 10.9 Å². The highest BCUT2D eigenvalue weighted by Gasteiger charge is 2.41. The molecule has 2 saturated heterocycles. The standard InChI is InChI=1S/C40H54N12O13/c1-18(2)32(50-31(56)16-25-35(59)51-40(65)49-25)37(61)47-24(15-30(43)55)34(58)48-26(14-19-17-44-21-7-4-3-6-20(19)21)38(62)52-13-5-8-27(52)36(60)45-22(9-11-28(41)53)33(57)46-23(39(63)64)10-12-29(42)54/h3-4,6-7,17-18,22-27,32,44H,5,8-16H2,1-2H3,(H2,41,53)(H2,42,54)(H2,43,55)(H,45,60)(H,46,57)(H,47,61)(H,48,58)(H,50,56)(H,63,64)(H2,49,51,59,65)/t22-,23-,24+,25?,26-,27-,32-/m0/s1. The maximum absolute atomic E-state index is 14.6. The summed E-state index contributed by atoms with van der Waals surface area (Å²) in [6.45, 7) is 3.14. The minimum Gasteiger partial charge on any atom is -0.480 e. The molecule has 25 nitrogen and oxygen atoms in total. The molecule has 0 bridgehead atoms. The number of amides is 12. The van der Waals surface area contributed by atoms with Gasteiger partial charge in [0.15, 0.2) is 0 Å². The van der Waals surface area contributed by atoms with E-state index in [-0.39, 0.29) is 45.1 Å². The Labute approximate surface area is 370 Å². The average molecular weight is 911 g/mol. The Morgan fingerprint density at radius 2 is 1.40 bits per heavy atom. The Kier molecular flexibility index (Phi) is 17.4. The number of imide groups is 1. The number of H-pyrrole nitrogens is 1. The van der Waals surface area contributed by atoms with Crippen LogP contribution in [0.2, 0.25) is 0 Å². The Balaban J connectivity index is 1.58. The van der Waals surface area contributed by atoms with Crippen LogP contribution in [0.15, 0.2) is 30.5 Å². The van der Waals surface area contributed by atoms with Crippen molar-refractivity contribution in [3.8, 4) is 0 Å². The zero-order valence-corrected chi connectivity index (χ0v) is 35.6. The lowest BCUT2D eigenvalue weighted by Gasteiger charge is -2.31. The molecule has 3 heterocycles. The number of nitrogens with zero attached hydrogens (tertiary/aromatic N) is 1. The number of urea groups is 1. The predicted molar refractivity (Wildman–Crippen MR) is 225 cm³/mol. The average Bonchev–Trinajstić information content (AvgIpc) is 3.96. The highest BCUT2D eigenvalue weighted by atomic mass is 16.4. The number of aromatic amines is 1. The summed E-state index contributed by atoms with van der Waals surface area (Å²) < 4.78 is 0. The van der Waals surface area contributed by atoms with Gasteiger partial charge in [-0.1, -0.05) is 32.0 Å². The van der Waals surface area contributed by atoms with Crippen molar-refractivity contribution >= 4 is 82.0 Å². The van der Waals surface area contributed by atoms with Crippen LogP contribution in [0, 0.1) is 5.92 Å². The SMILES string of the molecule is CC(C)[C@H](NC(=O)CC1NC(=O)NC1=O)C(=O)N[C@H](CC(N)=O)C(=O)N[C@@H](Cc1c[nH]c2ccccc12)C(=O)N1CCC[C@H]1C(=O)N[C@@H](CCC(N)=O)C(=O)N[C@@H](CCC(N)=O)C(=O)O. The van der Waals surface area contributed by atoms with Crippen LogP contribution in [0.3, 0.4) is 0 Å². The third-order valence-electron chi connectivity index (χ3n) is 10.7. The summed E-state index contributed by atoms with van der Waals surface area (Å²) >= 11 is 0. The van der Waals surface area contributed by atoms with E-state index >= 15 is 0 Å². The van der Waals surface area contributed by atoms with E-state index in [9.17, 15) is 62.6 Å². The number of para-hydroxylation sites is 1. The van der Waals surface area contributed by atoms with Crippen LogP contribution in [0.1, 0.15) is 70.8 Å². The number of nitrogens with two attached hydrogens (primary N) is 3. The second-order valence-electron chi connectivity index (χ2n) is 16.0. The van der Waals surface area contributed by atoms with Crippen molar-refractivity contribution in [3.63, 3.8) is 0 Å². The van der Waals surface area contributed by atoms with Gasteiger partial charge in [0.2, 0.25) is 53.2 Å². The van der Waals surface area contributed by atoms with Crippen LogP contribution in [-0.2, 0) is 59.2 Å². The summed E-state index contributed by atoms with van der Waals surface area (Å²) in [5.74, 6) is -11.0. The Bertz CT molecular complexity index is 2210. The molecular weight excluding hydrogens is 857 g/mol. The van der Waals surface area contributed by atoms with Crippen molar-refractivity contribution < 1.29 is 62.6 Å². The van der Waals surface area contributed by atoms with Crippen molar-refractivity contribution in [1.29, 1.82) is 0 Å². The topological polar surface area (TPSA) is 406 Å². The van der Waals surface area contributed by atoms with Crippen molar-refractivity contribution in [2.24, 2.45) is 23.1 Å². The van der Waals surface area contributed by atoms with Crippen LogP contribution >= 0.6 is 0 Å². The van der Waals surface area contributed by atoms with Gasteiger partial charge in [0.25, 0.3) is 5.91 Å². The summed E-state index contributed by atoms with van der Waals surface area (Å²) in [5, 5.41) is 26.8. The molecular formula is C40H54N12O13. The van der Waals surface area contributed by atoms with Crippen molar-refractivity contribution in [3.05, 3.63) is 36.0 Å². The Morgan fingerprint density at radius 3 is 2.00 bits per heavy atom. The van der Waals surface area contributed by atoms with E-state index in [1.54, 1.807) is 44.3 Å². The van der Waals surface area contributed by atoms with Gasteiger partial charge >= 0.3 is 12.0 Å². The van der Waals surface area contributed by atoms with Crippen molar-refractivity contribution in [2.45, 2.75) is 114 Å². The molecule has 352 valence electrons. The smallest absolute Gasteiger partial charge is 0.326 e. The number of aromatic nitrogens is 1. The van der Waals surface area contributed by atoms with Gasteiger partial charge in [0.05, 0.1) is 12.8 Å². The molecule has 7 atom stereocenters. The quantitative estimate of drug-likeness (QED) is 0.0446. The highest BCUT2D eigenvalue weighted by Crippen LogP contribution is 2.23. The van der Waals surface area contributed by atoms with Gasteiger partial charge in [-0.25, -0.2) is 9.59 Å². The number of likely N-dealkylation sites (tertiary alicyclic amines) is 1. The number of hydrogen-bond donors (Lipinski definition) is 12. The van der Waals surface area contributed by atoms with E-state index in [2.05, 4.69) is 36.9 Å². The number of carbonyl (C=O) groups excluding carboxylic acids is 11. The lowest BCUT2D eigenvalue weighted by molar-refractivity contribution is -0.144. The van der Waals surface area contributed by atoms with Crippen LogP contribution < -0.4 is 54.4 Å². The molecule has 15 N–H and O–H groups in total. The maximum Gasteiger partial charge on any atom is 0.326 e. The fourth-order valence-electron chi connectivity index (χ4n) is 7.36. The zero-order chi connectivity index (χ0) is 48.1. The number of fused-ring (bicyclic) bond motifs is 1. The predicted octanol–water partition coefficient (Wildman–Crippen LogP) is -4.13. The number of carboxylic acids is 1. The largest absolute Gasteiger partial charge is 0.480 e. The van der Waals surface area contributed by atoms with E-state index in [1.165, 1.54) is 4.90 Å². The fourth-order valence-corrected chi connectivity index (χ4v) is 7.36. The first-order valence-electron chi connectivity index (χ1n) is 20.7. The molecule has 12 amide bonds. The third kappa shape index (κ3) is 14.2. The molecule has 1 aromatic heterocycles. The van der Waals surface area contributed by atoms with Gasteiger partial charge in [0, 0.05) is 42.9 Å². The molecule has 2 aliphatic rings. The van der Waals surface area contributed by atoms with E-state index in [0.29, 0.717) is 16.5 Å². The van der Waals surface area contributed by atoms with Gasteiger partial charge < -0.3 is 64.1 Å². The highest BCUT2D eigenvalue weighted by molar-refractivity contribution is 6.06. The number of carbonyl (C=O) groups is 12. The van der Waals surface area contributed by atoms with Crippen molar-refractivity contribution in [1.82, 2.24) is 47.1 Å². The molecule has 1 aromatic carbocycles. The molecule has 0 aliphatic carbocycles. The molecule has 2 fully saturated rings. The van der Waals surface area contributed by atoms with E-state index in [4.69, 9.17) is 17.2 Å². The number of primary amides is 3. The second-order valence-corrected chi connectivity index (χ2v) is 16.0. The van der Waals surface area contributed by atoms with Crippen LogP contribution in [-0.4, -0.2) is 135 Å². The molecule has 2 aliphatic heterocycles. The first kappa shape index (κ1) is 50.0. The monoisotopic (exact) mass is 910 g/mol. The second kappa shape index (κ2) is 22.7. The number of carboxylic acid groups (broad SMARTS) is 1. The van der Waals surface area contributed by atoms with Crippen molar-refractivity contribution in [2.75, 3.05) is 6.54 Å². The molecule has 1 unspecified atom stereocenters. The van der Waals surface area contributed by atoms with E-state index in [0.717, 1.165) is 0 Å². The molecule has 0 radical (unpaired) electrons. The summed E-state index contributed by atoms with van der Waals surface area (Å²) in [7, 11) is 0. The van der Waals surface area contributed by atoms with Gasteiger partial charge in [0.1, 0.15) is 42.3 Å². The molecule has 65 heavy (non-hydrogen) atoms. The Hall–Kier alpha value is -7.60. The molecule has 25 heteroatoms. The van der Waals surface area contributed by atoms with Gasteiger partial charge in [-0.2, -0.15) is 0 Å². The summed E-state index contributed by atoms with van der Waals surface area (Å²) in [6.07, 6.45) is -1.01. The van der Waals surface area contributed by atoms with Gasteiger partial charge in [-0.3, -0.25) is 53.3 Å².